The van der Waals surface area contributed by atoms with Gasteiger partial charge in [-0.15, -0.1) is 0 Å². The number of carboxylic acids is 1. The lowest BCUT2D eigenvalue weighted by Crippen LogP contribution is -2.10. The van der Waals surface area contributed by atoms with Gasteiger partial charge < -0.3 is 24.4 Å². The summed E-state index contributed by atoms with van der Waals surface area (Å²) in [6.45, 7) is 14.0. The number of aliphatic hydroxyl groups excluding tert-OH is 1. The molecular weight excluding hydrogens is 432 g/mol. The molecule has 0 radical (unpaired) electrons. The zero-order valence-corrected chi connectivity index (χ0v) is 21.1. The molecule has 34 heavy (non-hydrogen) atoms. The third-order valence-electron chi connectivity index (χ3n) is 4.76. The van der Waals surface area contributed by atoms with Gasteiger partial charge in [0.05, 0.1) is 19.8 Å². The van der Waals surface area contributed by atoms with Crippen LogP contribution < -0.4 is 14.2 Å². The van der Waals surface area contributed by atoms with Gasteiger partial charge in [0.1, 0.15) is 23.4 Å². The Bertz CT molecular complexity index is 961. The molecule has 2 N–H and O–H groups in total. The summed E-state index contributed by atoms with van der Waals surface area (Å²) in [7, 11) is 0. The van der Waals surface area contributed by atoms with Gasteiger partial charge in [0.2, 0.25) is 0 Å². The third kappa shape index (κ3) is 8.75. The summed E-state index contributed by atoms with van der Waals surface area (Å²) in [6.07, 6.45) is 1.57. The number of carbonyl (C=O) groups is 1. The monoisotopic (exact) mass is 470 g/mol. The standard InChI is InChI=1S/C28H38O6/c1-18(2)15-32-23-9-10-24(26(14-23)34-17-20(5)6)28(31)22-7-11-25(33-16-19(3)4)21(13-22)8-12-27(29)30/h7-14,18-20,28,31H,15-17H2,1-6H3,(H,29,30)/b12-8+. The highest BCUT2D eigenvalue weighted by Gasteiger charge is 2.19. The number of ether oxygens (including phenoxy) is 3. The van der Waals surface area contributed by atoms with Crippen LogP contribution in [0.2, 0.25) is 0 Å². The molecule has 1 atom stereocenters. The summed E-state index contributed by atoms with van der Waals surface area (Å²) in [4.78, 5) is 11.1. The molecule has 0 amide bonds. The fourth-order valence-electron chi connectivity index (χ4n) is 3.07. The fourth-order valence-corrected chi connectivity index (χ4v) is 3.07. The van der Waals surface area contributed by atoms with Crippen molar-refractivity contribution in [2.45, 2.75) is 47.6 Å². The Morgan fingerprint density at radius 1 is 0.824 bits per heavy atom. The number of rotatable bonds is 13. The van der Waals surface area contributed by atoms with Gasteiger partial charge in [-0.1, -0.05) is 47.6 Å². The van der Waals surface area contributed by atoms with Crippen molar-refractivity contribution in [3.05, 3.63) is 59.2 Å². The number of benzene rings is 2. The van der Waals surface area contributed by atoms with E-state index in [1.807, 2.05) is 32.0 Å². The lowest BCUT2D eigenvalue weighted by atomic mass is 9.98. The van der Waals surface area contributed by atoms with Crippen LogP contribution in [0.5, 0.6) is 17.2 Å². The van der Waals surface area contributed by atoms with Gasteiger partial charge in [0.15, 0.2) is 0 Å². The van der Waals surface area contributed by atoms with Gasteiger partial charge in [0.25, 0.3) is 0 Å². The van der Waals surface area contributed by atoms with Crippen LogP contribution in [0.4, 0.5) is 0 Å². The van der Waals surface area contributed by atoms with E-state index in [0.717, 1.165) is 6.08 Å². The highest BCUT2D eigenvalue weighted by atomic mass is 16.5. The minimum atomic E-state index is -1.05. The molecule has 0 saturated carbocycles. The van der Waals surface area contributed by atoms with E-state index in [1.54, 1.807) is 18.2 Å². The molecule has 6 heteroatoms. The molecule has 0 bridgehead atoms. The van der Waals surface area contributed by atoms with Gasteiger partial charge in [-0.05, 0) is 53.7 Å². The molecular formula is C28H38O6. The molecule has 0 saturated heterocycles. The van der Waals surface area contributed by atoms with E-state index in [2.05, 4.69) is 27.7 Å². The van der Waals surface area contributed by atoms with Gasteiger partial charge in [-0.2, -0.15) is 0 Å². The van der Waals surface area contributed by atoms with Crippen molar-refractivity contribution >= 4 is 12.0 Å². The first-order chi connectivity index (χ1) is 16.1. The van der Waals surface area contributed by atoms with E-state index >= 15 is 0 Å². The van der Waals surface area contributed by atoms with Crippen LogP contribution in [0.3, 0.4) is 0 Å². The molecule has 0 fully saturated rings. The summed E-state index contributed by atoms with van der Waals surface area (Å²) in [6, 6.07) is 10.7. The fraction of sp³-hybridized carbons (Fsp3) is 0.464. The smallest absolute Gasteiger partial charge is 0.328 e. The Morgan fingerprint density at radius 3 is 2.00 bits per heavy atom. The van der Waals surface area contributed by atoms with E-state index in [0.29, 0.717) is 71.5 Å². The molecule has 1 unspecified atom stereocenters. The number of aliphatic hydroxyl groups is 1. The maximum atomic E-state index is 11.3. The van der Waals surface area contributed by atoms with Crippen molar-refractivity contribution in [1.82, 2.24) is 0 Å². The zero-order valence-electron chi connectivity index (χ0n) is 21.1. The van der Waals surface area contributed by atoms with E-state index < -0.39 is 12.1 Å². The summed E-state index contributed by atoms with van der Waals surface area (Å²) >= 11 is 0. The van der Waals surface area contributed by atoms with Crippen molar-refractivity contribution in [2.24, 2.45) is 17.8 Å². The van der Waals surface area contributed by atoms with Crippen LogP contribution in [0.15, 0.2) is 42.5 Å². The molecule has 0 aromatic heterocycles. The van der Waals surface area contributed by atoms with Gasteiger partial charge in [-0.3, -0.25) is 0 Å². The van der Waals surface area contributed by atoms with Gasteiger partial charge in [0, 0.05) is 23.3 Å². The summed E-state index contributed by atoms with van der Waals surface area (Å²) in [5, 5.41) is 20.3. The maximum Gasteiger partial charge on any atom is 0.328 e. The largest absolute Gasteiger partial charge is 0.493 e. The molecule has 0 aliphatic heterocycles. The second-order valence-corrected chi connectivity index (χ2v) is 9.69. The van der Waals surface area contributed by atoms with Crippen LogP contribution in [-0.2, 0) is 4.79 Å². The van der Waals surface area contributed by atoms with Crippen LogP contribution in [0.1, 0.15) is 64.3 Å². The lowest BCUT2D eigenvalue weighted by Gasteiger charge is -2.20. The van der Waals surface area contributed by atoms with E-state index in [4.69, 9.17) is 19.3 Å². The highest BCUT2D eigenvalue weighted by molar-refractivity contribution is 5.86. The van der Waals surface area contributed by atoms with E-state index in [1.165, 1.54) is 6.08 Å². The lowest BCUT2D eigenvalue weighted by molar-refractivity contribution is -0.131. The van der Waals surface area contributed by atoms with E-state index in [-0.39, 0.29) is 0 Å². The SMILES string of the molecule is CC(C)COc1ccc(C(O)c2ccc(OCC(C)C)c(/C=C/C(=O)O)c2)c(OCC(C)C)c1. The van der Waals surface area contributed by atoms with Crippen molar-refractivity contribution < 1.29 is 29.2 Å². The first-order valence-electron chi connectivity index (χ1n) is 11.8. The second-order valence-electron chi connectivity index (χ2n) is 9.69. The number of carboxylic acid groups (broad SMARTS) is 1. The second kappa shape index (κ2) is 13.0. The molecule has 2 rings (SSSR count). The number of hydrogen-bond donors (Lipinski definition) is 2. The normalized spacial score (nSPS) is 12.5. The maximum absolute atomic E-state index is 11.3. The van der Waals surface area contributed by atoms with Crippen LogP contribution in [0.25, 0.3) is 6.08 Å². The van der Waals surface area contributed by atoms with Gasteiger partial charge >= 0.3 is 5.97 Å². The van der Waals surface area contributed by atoms with Crippen molar-refractivity contribution in [1.29, 1.82) is 0 Å². The first kappa shape index (κ1) is 27.3. The Labute approximate surface area is 203 Å². The molecule has 0 aliphatic carbocycles. The minimum absolute atomic E-state index is 0.315. The minimum Gasteiger partial charge on any atom is -0.493 e. The molecule has 0 aliphatic rings. The van der Waals surface area contributed by atoms with Crippen LogP contribution >= 0.6 is 0 Å². The van der Waals surface area contributed by atoms with Crippen molar-refractivity contribution in [3.8, 4) is 17.2 Å². The number of aliphatic carboxylic acids is 1. The van der Waals surface area contributed by atoms with E-state index in [9.17, 15) is 9.90 Å². The quantitative estimate of drug-likeness (QED) is 0.351. The van der Waals surface area contributed by atoms with Gasteiger partial charge in [-0.25, -0.2) is 4.79 Å². The predicted molar refractivity (Wildman–Crippen MR) is 135 cm³/mol. The molecule has 186 valence electrons. The molecule has 2 aromatic rings. The predicted octanol–water partition coefficient (Wildman–Crippen LogP) is 5.97. The molecule has 0 heterocycles. The molecule has 2 aromatic carbocycles. The van der Waals surface area contributed by atoms with Crippen molar-refractivity contribution in [3.63, 3.8) is 0 Å². The Kier molecular flexibility index (Phi) is 10.5. The average Bonchev–Trinajstić information content (AvgIpc) is 2.78. The summed E-state index contributed by atoms with van der Waals surface area (Å²) in [5.41, 5.74) is 1.80. The molecule has 6 nitrogen and oxygen atoms in total. The van der Waals surface area contributed by atoms with Crippen LogP contribution in [0, 0.1) is 17.8 Å². The van der Waals surface area contributed by atoms with Crippen LogP contribution in [-0.4, -0.2) is 36.0 Å². The average molecular weight is 471 g/mol. The number of hydrogen-bond acceptors (Lipinski definition) is 5. The molecule has 0 spiro atoms. The third-order valence-corrected chi connectivity index (χ3v) is 4.76. The topological polar surface area (TPSA) is 85.2 Å². The van der Waals surface area contributed by atoms with Crippen molar-refractivity contribution in [2.75, 3.05) is 19.8 Å². The summed E-state index contributed by atoms with van der Waals surface area (Å²) in [5.74, 6) is 1.78. The Morgan fingerprint density at radius 2 is 1.41 bits per heavy atom. The first-order valence-corrected chi connectivity index (χ1v) is 11.8. The summed E-state index contributed by atoms with van der Waals surface area (Å²) < 4.78 is 17.7. The zero-order chi connectivity index (χ0) is 25.3. The Balaban J connectivity index is 2.41. The highest BCUT2D eigenvalue weighted by Crippen LogP contribution is 2.35. The Hall–Kier alpha value is -2.99.